The molecule has 0 aromatic carbocycles. The Hall–Kier alpha value is 1.66. The topological polar surface area (TPSA) is 80.3 Å². The van der Waals surface area contributed by atoms with Gasteiger partial charge in [0.05, 0.1) is 0 Å². The Morgan fingerprint density at radius 2 is 1.83 bits per heavy atom. The quantitative estimate of drug-likeness (QED) is 0.341. The van der Waals surface area contributed by atoms with Crippen LogP contribution in [0.1, 0.15) is 13.3 Å². The van der Waals surface area contributed by atoms with E-state index < -0.39 is 19.5 Å². The van der Waals surface area contributed by atoms with Crippen molar-refractivity contribution in [1.29, 1.82) is 0 Å². The maximum absolute atomic E-state index is 10.6. The van der Waals surface area contributed by atoms with Gasteiger partial charge in [-0.05, 0) is 6.16 Å². The van der Waals surface area contributed by atoms with Crippen molar-refractivity contribution in [3.8, 4) is 0 Å². The van der Waals surface area contributed by atoms with Crippen LogP contribution in [0.5, 0.6) is 0 Å². The molecule has 0 saturated carbocycles. The molecule has 1 atom stereocenters. The van der Waals surface area contributed by atoms with Gasteiger partial charge in [-0.15, -0.1) is 0 Å². The number of aliphatic carboxylic acids is 1. The van der Waals surface area contributed by atoms with Gasteiger partial charge in [-0.3, -0.25) is 0 Å². The summed E-state index contributed by atoms with van der Waals surface area (Å²) >= 11 is 0. The van der Waals surface area contributed by atoms with Crippen LogP contribution in [0.25, 0.3) is 0 Å². The standard InChI is InChI=1S/C5H11O4P.2Na/c1-2-3-10(8,9)4-5(6)7;;/h2-4H2,1H3,(H,6,7)(H,8,9);;/q;2*+1/p-2. The number of carboxylic acid groups (broad SMARTS) is 1. The van der Waals surface area contributed by atoms with Crippen LogP contribution in [0.3, 0.4) is 0 Å². The van der Waals surface area contributed by atoms with E-state index in [0.29, 0.717) is 6.42 Å². The summed E-state index contributed by atoms with van der Waals surface area (Å²) in [5.74, 6) is -1.52. The van der Waals surface area contributed by atoms with Crippen LogP contribution in [-0.2, 0) is 9.36 Å². The molecule has 60 valence electrons. The van der Waals surface area contributed by atoms with Crippen molar-refractivity contribution in [1.82, 2.24) is 0 Å². The fraction of sp³-hybridized carbons (Fsp3) is 0.800. The van der Waals surface area contributed by atoms with Crippen LogP contribution in [0, 0.1) is 0 Å². The monoisotopic (exact) mass is 210 g/mol. The average molecular weight is 210 g/mol. The number of carboxylic acids is 1. The summed E-state index contributed by atoms with van der Waals surface area (Å²) in [7, 11) is -3.66. The average Bonchev–Trinajstić information content (AvgIpc) is 1.59. The van der Waals surface area contributed by atoms with Crippen LogP contribution in [0.4, 0.5) is 0 Å². The SMILES string of the molecule is CCCP(=O)([O-])CC(=O)[O-].[Na+].[Na+]. The number of hydrogen-bond donors (Lipinski definition) is 0. The van der Waals surface area contributed by atoms with E-state index in [2.05, 4.69) is 0 Å². The maximum Gasteiger partial charge on any atom is 1.00 e. The van der Waals surface area contributed by atoms with Crippen LogP contribution in [0.2, 0.25) is 0 Å². The fourth-order valence-corrected chi connectivity index (χ4v) is 1.85. The zero-order valence-electron chi connectivity index (χ0n) is 7.70. The molecule has 0 heterocycles. The minimum Gasteiger partial charge on any atom is -0.799 e. The third-order valence-corrected chi connectivity index (χ3v) is 2.80. The predicted molar refractivity (Wildman–Crippen MR) is 32.6 cm³/mol. The van der Waals surface area contributed by atoms with E-state index in [1.807, 2.05) is 0 Å². The molecule has 7 heteroatoms. The molecule has 0 aromatic heterocycles. The zero-order chi connectivity index (χ0) is 8.20. The van der Waals surface area contributed by atoms with E-state index >= 15 is 0 Å². The summed E-state index contributed by atoms with van der Waals surface area (Å²) in [6.45, 7) is 1.68. The van der Waals surface area contributed by atoms with Crippen molar-refractivity contribution in [3.63, 3.8) is 0 Å². The molecule has 0 aliphatic carbocycles. The van der Waals surface area contributed by atoms with E-state index in [-0.39, 0.29) is 65.3 Å². The molecule has 4 nitrogen and oxygen atoms in total. The van der Waals surface area contributed by atoms with Crippen LogP contribution >= 0.6 is 7.37 Å². The van der Waals surface area contributed by atoms with Crippen molar-refractivity contribution in [2.75, 3.05) is 12.3 Å². The summed E-state index contributed by atoms with van der Waals surface area (Å²) in [4.78, 5) is 20.5. The Balaban J connectivity index is -0.000000405. The van der Waals surface area contributed by atoms with E-state index in [4.69, 9.17) is 0 Å². The Labute approximate surface area is 116 Å². The fourth-order valence-electron chi connectivity index (χ4n) is 0.616. The van der Waals surface area contributed by atoms with Crippen molar-refractivity contribution in [2.45, 2.75) is 13.3 Å². The van der Waals surface area contributed by atoms with Crippen molar-refractivity contribution >= 4 is 13.3 Å². The summed E-state index contributed by atoms with van der Waals surface area (Å²) in [6, 6.07) is 0. The predicted octanol–water partition coefficient (Wildman–Crippen LogP) is -7.21. The van der Waals surface area contributed by atoms with Gasteiger partial charge in [0, 0.05) is 19.5 Å². The van der Waals surface area contributed by atoms with Gasteiger partial charge in [0.2, 0.25) is 0 Å². The molecule has 0 aliphatic rings. The van der Waals surface area contributed by atoms with Crippen LogP contribution in [-0.4, -0.2) is 18.3 Å². The normalized spacial score (nSPS) is 13.5. The maximum atomic E-state index is 10.6. The Morgan fingerprint density at radius 1 is 1.42 bits per heavy atom. The summed E-state index contributed by atoms with van der Waals surface area (Å²) in [5.41, 5.74) is 0. The zero-order valence-corrected chi connectivity index (χ0v) is 12.6. The van der Waals surface area contributed by atoms with Gasteiger partial charge in [-0.1, -0.05) is 13.3 Å². The molecule has 1 unspecified atom stereocenters. The Morgan fingerprint density at radius 3 is 2.08 bits per heavy atom. The molecule has 0 bridgehead atoms. The van der Waals surface area contributed by atoms with Gasteiger partial charge < -0.3 is 19.4 Å². The van der Waals surface area contributed by atoms with Gasteiger partial charge in [-0.25, -0.2) is 0 Å². The Bertz CT molecular complexity index is 173. The van der Waals surface area contributed by atoms with Gasteiger partial charge in [-0.2, -0.15) is 0 Å². The van der Waals surface area contributed by atoms with Gasteiger partial charge in [0.25, 0.3) is 0 Å². The molecule has 0 fully saturated rings. The first kappa shape index (κ1) is 19.3. The number of carbonyl (C=O) groups is 1. The molecule has 0 amide bonds. The number of rotatable bonds is 4. The molecule has 0 N–H and O–H groups in total. The molecule has 12 heavy (non-hydrogen) atoms. The van der Waals surface area contributed by atoms with E-state index in [0.717, 1.165) is 0 Å². The largest absolute Gasteiger partial charge is 1.00 e. The molecular formula is C5H9Na2O4P. The van der Waals surface area contributed by atoms with Crippen LogP contribution in [0.15, 0.2) is 0 Å². The second kappa shape index (κ2) is 9.22. The first-order valence-corrected chi connectivity index (χ1v) is 4.96. The second-order valence-electron chi connectivity index (χ2n) is 2.07. The van der Waals surface area contributed by atoms with Gasteiger partial charge in [0.1, 0.15) is 0 Å². The molecule has 0 spiro atoms. The van der Waals surface area contributed by atoms with Crippen molar-refractivity contribution in [3.05, 3.63) is 0 Å². The van der Waals surface area contributed by atoms with E-state index in [1.165, 1.54) is 0 Å². The Kier molecular flexibility index (Phi) is 14.8. The third kappa shape index (κ3) is 11.7. The molecule has 0 radical (unpaired) electrons. The molecule has 0 rings (SSSR count). The first-order valence-electron chi connectivity index (χ1n) is 2.97. The first-order chi connectivity index (χ1) is 4.48. The van der Waals surface area contributed by atoms with E-state index in [1.54, 1.807) is 6.92 Å². The molecular weight excluding hydrogens is 201 g/mol. The van der Waals surface area contributed by atoms with Crippen molar-refractivity contribution < 1.29 is 78.5 Å². The summed E-state index contributed by atoms with van der Waals surface area (Å²) in [5, 5.41) is 9.81. The second-order valence-corrected chi connectivity index (χ2v) is 4.46. The number of hydrogen-bond acceptors (Lipinski definition) is 4. The summed E-state index contributed by atoms with van der Waals surface area (Å²) in [6.07, 6.45) is -0.435. The summed E-state index contributed by atoms with van der Waals surface area (Å²) < 4.78 is 10.6. The third-order valence-electron chi connectivity index (χ3n) is 0.934. The molecule has 0 aromatic rings. The number of carbonyl (C=O) groups excluding carboxylic acids is 1. The minimum absolute atomic E-state index is 0. The van der Waals surface area contributed by atoms with Crippen LogP contribution < -0.4 is 69.1 Å². The minimum atomic E-state index is -3.66. The molecule has 0 aliphatic heterocycles. The smallest absolute Gasteiger partial charge is 0.799 e. The molecule has 0 saturated heterocycles. The van der Waals surface area contributed by atoms with Crippen molar-refractivity contribution in [2.24, 2.45) is 0 Å². The van der Waals surface area contributed by atoms with E-state index in [9.17, 15) is 19.4 Å². The van der Waals surface area contributed by atoms with Gasteiger partial charge >= 0.3 is 59.1 Å². The van der Waals surface area contributed by atoms with Gasteiger partial charge in [0.15, 0.2) is 0 Å².